The van der Waals surface area contributed by atoms with Gasteiger partial charge in [-0.3, -0.25) is 19.7 Å². The van der Waals surface area contributed by atoms with E-state index in [1.807, 2.05) is 13.8 Å². The third-order valence-electron chi connectivity index (χ3n) is 3.12. The van der Waals surface area contributed by atoms with Crippen LogP contribution in [-0.2, 0) is 14.4 Å². The molecular weight excluding hydrogens is 222 g/mol. The molecule has 17 heavy (non-hydrogen) atoms. The van der Waals surface area contributed by atoms with Gasteiger partial charge >= 0.3 is 0 Å². The van der Waals surface area contributed by atoms with Crippen molar-refractivity contribution in [2.24, 2.45) is 11.7 Å². The van der Waals surface area contributed by atoms with Gasteiger partial charge < -0.3 is 11.1 Å². The normalized spacial score (nSPS) is 23.8. The first kappa shape index (κ1) is 13.6. The summed E-state index contributed by atoms with van der Waals surface area (Å²) < 4.78 is 0. The smallest absolute Gasteiger partial charge is 0.249 e. The van der Waals surface area contributed by atoms with Gasteiger partial charge in [0.05, 0.1) is 6.04 Å². The standard InChI is InChI=1S/C11H19N3O3/c1-3-6(2)9(12)11(17)13-7-4-5-8(15)14-10(7)16/h6-7,9H,3-5,12H2,1-2H3,(H,13,17)(H,14,15,16). The number of imide groups is 1. The first-order chi connectivity index (χ1) is 7.95. The Balaban J connectivity index is 2.51. The summed E-state index contributed by atoms with van der Waals surface area (Å²) in [6.45, 7) is 3.83. The first-order valence-corrected chi connectivity index (χ1v) is 5.85. The molecule has 1 fully saturated rings. The van der Waals surface area contributed by atoms with E-state index >= 15 is 0 Å². The second kappa shape index (κ2) is 5.77. The number of carbonyl (C=O) groups is 3. The fourth-order valence-electron chi connectivity index (χ4n) is 1.61. The maximum absolute atomic E-state index is 11.7. The van der Waals surface area contributed by atoms with E-state index in [0.717, 1.165) is 6.42 Å². The van der Waals surface area contributed by atoms with Crippen LogP contribution in [0.15, 0.2) is 0 Å². The zero-order chi connectivity index (χ0) is 13.0. The van der Waals surface area contributed by atoms with Crippen LogP contribution in [0.1, 0.15) is 33.1 Å². The van der Waals surface area contributed by atoms with Crippen molar-refractivity contribution in [2.75, 3.05) is 0 Å². The van der Waals surface area contributed by atoms with Crippen LogP contribution in [0.2, 0.25) is 0 Å². The summed E-state index contributed by atoms with van der Waals surface area (Å²) in [5.41, 5.74) is 5.75. The number of nitrogens with one attached hydrogen (secondary N) is 2. The molecule has 6 nitrogen and oxygen atoms in total. The van der Waals surface area contributed by atoms with Crippen LogP contribution < -0.4 is 16.4 Å². The van der Waals surface area contributed by atoms with Gasteiger partial charge in [-0.15, -0.1) is 0 Å². The molecule has 0 aromatic carbocycles. The van der Waals surface area contributed by atoms with Gasteiger partial charge in [0.25, 0.3) is 0 Å². The third kappa shape index (κ3) is 3.52. The van der Waals surface area contributed by atoms with Crippen molar-refractivity contribution in [3.8, 4) is 0 Å². The van der Waals surface area contributed by atoms with Crippen LogP contribution in [0.3, 0.4) is 0 Å². The topological polar surface area (TPSA) is 101 Å². The predicted molar refractivity (Wildman–Crippen MR) is 61.7 cm³/mol. The van der Waals surface area contributed by atoms with E-state index in [9.17, 15) is 14.4 Å². The molecule has 4 N–H and O–H groups in total. The highest BCUT2D eigenvalue weighted by atomic mass is 16.2. The van der Waals surface area contributed by atoms with Gasteiger partial charge in [0, 0.05) is 6.42 Å². The Kier molecular flexibility index (Phi) is 4.62. The minimum atomic E-state index is -0.643. The maximum Gasteiger partial charge on any atom is 0.249 e. The number of nitrogens with two attached hydrogens (primary N) is 1. The SMILES string of the molecule is CCC(C)C(N)C(=O)NC1CCC(=O)NC1=O. The van der Waals surface area contributed by atoms with Crippen molar-refractivity contribution in [1.29, 1.82) is 0 Å². The van der Waals surface area contributed by atoms with Crippen molar-refractivity contribution in [3.05, 3.63) is 0 Å². The number of hydrogen-bond donors (Lipinski definition) is 3. The Bertz CT molecular complexity index is 330. The molecule has 0 bridgehead atoms. The molecule has 96 valence electrons. The first-order valence-electron chi connectivity index (χ1n) is 5.85. The second-order valence-electron chi connectivity index (χ2n) is 4.42. The third-order valence-corrected chi connectivity index (χ3v) is 3.12. The number of piperidine rings is 1. The van der Waals surface area contributed by atoms with E-state index in [2.05, 4.69) is 10.6 Å². The van der Waals surface area contributed by atoms with Crippen molar-refractivity contribution >= 4 is 17.7 Å². The molecular formula is C11H19N3O3. The zero-order valence-electron chi connectivity index (χ0n) is 10.2. The molecule has 1 saturated heterocycles. The lowest BCUT2D eigenvalue weighted by Crippen LogP contribution is -2.56. The second-order valence-corrected chi connectivity index (χ2v) is 4.42. The lowest BCUT2D eigenvalue weighted by molar-refractivity contribution is -0.137. The number of carbonyl (C=O) groups excluding carboxylic acids is 3. The summed E-state index contributed by atoms with van der Waals surface area (Å²) >= 11 is 0. The monoisotopic (exact) mass is 241 g/mol. The lowest BCUT2D eigenvalue weighted by atomic mass is 9.98. The van der Waals surface area contributed by atoms with Gasteiger partial charge in [0.2, 0.25) is 17.7 Å². The van der Waals surface area contributed by atoms with E-state index in [1.165, 1.54) is 0 Å². The summed E-state index contributed by atoms with van der Waals surface area (Å²) in [5.74, 6) is -1.03. The number of hydrogen-bond acceptors (Lipinski definition) is 4. The van der Waals surface area contributed by atoms with Gasteiger partial charge in [-0.1, -0.05) is 20.3 Å². The summed E-state index contributed by atoms with van der Waals surface area (Å²) in [6.07, 6.45) is 1.38. The highest BCUT2D eigenvalue weighted by Crippen LogP contribution is 2.08. The molecule has 1 rings (SSSR count). The van der Waals surface area contributed by atoms with Crippen molar-refractivity contribution in [2.45, 2.75) is 45.2 Å². The van der Waals surface area contributed by atoms with Crippen molar-refractivity contribution < 1.29 is 14.4 Å². The van der Waals surface area contributed by atoms with Crippen molar-refractivity contribution in [3.63, 3.8) is 0 Å². The molecule has 0 aliphatic carbocycles. The minimum absolute atomic E-state index is 0.0586. The van der Waals surface area contributed by atoms with Gasteiger partial charge in [0.15, 0.2) is 0 Å². The number of amides is 3. The van der Waals surface area contributed by atoms with Crippen LogP contribution >= 0.6 is 0 Å². The van der Waals surface area contributed by atoms with E-state index < -0.39 is 18.0 Å². The molecule has 0 radical (unpaired) electrons. The van der Waals surface area contributed by atoms with Crippen LogP contribution in [-0.4, -0.2) is 29.8 Å². The lowest BCUT2D eigenvalue weighted by Gasteiger charge is -2.25. The molecule has 3 atom stereocenters. The van der Waals surface area contributed by atoms with E-state index in [4.69, 9.17) is 5.73 Å². The van der Waals surface area contributed by atoms with Crippen molar-refractivity contribution in [1.82, 2.24) is 10.6 Å². The molecule has 3 unspecified atom stereocenters. The molecule has 1 heterocycles. The molecule has 0 aromatic rings. The zero-order valence-corrected chi connectivity index (χ0v) is 10.2. The van der Waals surface area contributed by atoms with Crippen LogP contribution in [0, 0.1) is 5.92 Å². The number of rotatable bonds is 4. The summed E-state index contributed by atoms with van der Waals surface area (Å²) in [4.78, 5) is 34.1. The van der Waals surface area contributed by atoms with E-state index in [0.29, 0.717) is 6.42 Å². The quantitative estimate of drug-likeness (QED) is 0.565. The molecule has 1 aliphatic heterocycles. The van der Waals surface area contributed by atoms with Crippen LogP contribution in [0.4, 0.5) is 0 Å². The average molecular weight is 241 g/mol. The van der Waals surface area contributed by atoms with E-state index in [-0.39, 0.29) is 24.2 Å². The maximum atomic E-state index is 11.7. The molecule has 0 aromatic heterocycles. The molecule has 1 aliphatic rings. The van der Waals surface area contributed by atoms with E-state index in [1.54, 1.807) is 0 Å². The highest BCUT2D eigenvalue weighted by molar-refractivity contribution is 6.02. The Hall–Kier alpha value is -1.43. The fraction of sp³-hybridized carbons (Fsp3) is 0.727. The van der Waals surface area contributed by atoms with Gasteiger partial charge in [-0.05, 0) is 12.3 Å². The molecule has 0 saturated carbocycles. The van der Waals surface area contributed by atoms with Crippen LogP contribution in [0.25, 0.3) is 0 Å². The Morgan fingerprint density at radius 3 is 2.76 bits per heavy atom. The average Bonchev–Trinajstić information content (AvgIpc) is 2.30. The largest absolute Gasteiger partial charge is 0.343 e. The minimum Gasteiger partial charge on any atom is -0.343 e. The molecule has 3 amide bonds. The van der Waals surface area contributed by atoms with Gasteiger partial charge in [-0.2, -0.15) is 0 Å². The summed E-state index contributed by atoms with van der Waals surface area (Å²) in [5, 5.41) is 4.76. The Labute approximate surface area is 100 Å². The van der Waals surface area contributed by atoms with Gasteiger partial charge in [-0.25, -0.2) is 0 Å². The Morgan fingerprint density at radius 1 is 1.59 bits per heavy atom. The Morgan fingerprint density at radius 2 is 2.24 bits per heavy atom. The molecule has 6 heteroatoms. The van der Waals surface area contributed by atoms with Crippen LogP contribution in [0.5, 0.6) is 0 Å². The highest BCUT2D eigenvalue weighted by Gasteiger charge is 2.30. The fourth-order valence-corrected chi connectivity index (χ4v) is 1.61. The molecule has 0 spiro atoms. The summed E-state index contributed by atoms with van der Waals surface area (Å²) in [6, 6.07) is -1.26. The summed E-state index contributed by atoms with van der Waals surface area (Å²) in [7, 11) is 0. The predicted octanol–water partition coefficient (Wildman–Crippen LogP) is -0.719. The van der Waals surface area contributed by atoms with Gasteiger partial charge in [0.1, 0.15) is 6.04 Å².